The van der Waals surface area contributed by atoms with Gasteiger partial charge in [0.2, 0.25) is 10.0 Å². The second-order valence-corrected chi connectivity index (χ2v) is 8.87. The number of hydrogen-bond acceptors (Lipinski definition) is 7. The summed E-state index contributed by atoms with van der Waals surface area (Å²) >= 11 is 3.15. The van der Waals surface area contributed by atoms with Crippen LogP contribution in [-0.4, -0.2) is 53.2 Å². The number of nitrogens with zero attached hydrogens (tertiary/aromatic N) is 1. The highest BCUT2D eigenvalue weighted by Gasteiger charge is 2.18. The van der Waals surface area contributed by atoms with Gasteiger partial charge in [0.1, 0.15) is 0 Å². The van der Waals surface area contributed by atoms with Gasteiger partial charge in [-0.05, 0) is 58.4 Å². The van der Waals surface area contributed by atoms with Gasteiger partial charge in [-0.1, -0.05) is 0 Å². The summed E-state index contributed by atoms with van der Waals surface area (Å²) in [5.74, 6) is -1.38. The molecule has 0 radical (unpaired) electrons. The van der Waals surface area contributed by atoms with E-state index in [1.807, 2.05) is 12.1 Å². The number of nitrogens with two attached hydrogens (primary N) is 1. The Labute approximate surface area is 182 Å². The minimum atomic E-state index is -3.98. The molecule has 11 heteroatoms. The standard InChI is InChI=1S/C19H20BrN3O6S/c20-17-6-5-15(30(21,26)27)11-16(17)19(25)29-12-18(24)22-13-1-3-14(4-2-13)23-7-9-28-10-8-23/h1-6,11H,7-10,12H2,(H,22,24)(H2,21,26,27). The molecular formula is C19H20BrN3O6S. The molecule has 0 atom stereocenters. The number of nitrogens with one attached hydrogen (secondary N) is 1. The molecular weight excluding hydrogens is 478 g/mol. The number of anilines is 2. The predicted molar refractivity (Wildman–Crippen MR) is 114 cm³/mol. The number of benzene rings is 2. The van der Waals surface area contributed by atoms with E-state index in [1.165, 1.54) is 12.1 Å². The number of esters is 1. The van der Waals surface area contributed by atoms with Crippen molar-refractivity contribution < 1.29 is 27.5 Å². The molecule has 1 aliphatic heterocycles. The summed E-state index contributed by atoms with van der Waals surface area (Å²) in [4.78, 5) is 26.3. The molecule has 2 aromatic rings. The maximum Gasteiger partial charge on any atom is 0.339 e. The number of amides is 1. The summed E-state index contributed by atoms with van der Waals surface area (Å²) in [7, 11) is -3.98. The van der Waals surface area contributed by atoms with Crippen LogP contribution in [0.1, 0.15) is 10.4 Å². The van der Waals surface area contributed by atoms with Gasteiger partial charge >= 0.3 is 5.97 Å². The third-order valence-electron chi connectivity index (χ3n) is 4.35. The van der Waals surface area contributed by atoms with Crippen LogP contribution in [0, 0.1) is 0 Å². The van der Waals surface area contributed by atoms with Gasteiger partial charge in [-0.25, -0.2) is 18.4 Å². The number of primary sulfonamides is 1. The maximum atomic E-state index is 12.2. The van der Waals surface area contributed by atoms with Gasteiger partial charge in [0.15, 0.2) is 6.61 Å². The van der Waals surface area contributed by atoms with Crippen LogP contribution in [0.25, 0.3) is 0 Å². The summed E-state index contributed by atoms with van der Waals surface area (Å²) in [6.07, 6.45) is 0. The van der Waals surface area contributed by atoms with Crippen molar-refractivity contribution in [2.75, 3.05) is 43.1 Å². The van der Waals surface area contributed by atoms with Crippen LogP contribution in [0.2, 0.25) is 0 Å². The molecule has 0 spiro atoms. The maximum absolute atomic E-state index is 12.2. The van der Waals surface area contributed by atoms with E-state index in [0.29, 0.717) is 23.4 Å². The minimum Gasteiger partial charge on any atom is -0.452 e. The molecule has 160 valence electrons. The second-order valence-electron chi connectivity index (χ2n) is 6.46. The Hall–Kier alpha value is -2.47. The zero-order valence-corrected chi connectivity index (χ0v) is 18.2. The average Bonchev–Trinajstić information content (AvgIpc) is 2.72. The first-order valence-corrected chi connectivity index (χ1v) is 11.3. The van der Waals surface area contributed by atoms with Crippen LogP contribution in [0.4, 0.5) is 11.4 Å². The Morgan fingerprint density at radius 3 is 2.43 bits per heavy atom. The lowest BCUT2D eigenvalue weighted by Crippen LogP contribution is -2.36. The molecule has 0 saturated carbocycles. The zero-order valence-electron chi connectivity index (χ0n) is 15.8. The number of morpholine rings is 1. The Morgan fingerprint density at radius 2 is 1.80 bits per heavy atom. The van der Waals surface area contributed by atoms with Gasteiger partial charge in [0.05, 0.1) is 23.7 Å². The van der Waals surface area contributed by atoms with E-state index < -0.39 is 28.5 Å². The highest BCUT2D eigenvalue weighted by atomic mass is 79.9. The molecule has 3 N–H and O–H groups in total. The monoisotopic (exact) mass is 497 g/mol. The first-order valence-electron chi connectivity index (χ1n) is 8.96. The fourth-order valence-corrected chi connectivity index (χ4v) is 3.77. The van der Waals surface area contributed by atoms with Gasteiger partial charge in [-0.3, -0.25) is 4.79 Å². The van der Waals surface area contributed by atoms with E-state index in [4.69, 9.17) is 14.6 Å². The Morgan fingerprint density at radius 1 is 1.13 bits per heavy atom. The van der Waals surface area contributed by atoms with E-state index in [2.05, 4.69) is 26.1 Å². The third kappa shape index (κ3) is 5.79. The Bertz CT molecular complexity index is 1040. The molecule has 0 aliphatic carbocycles. The number of sulfonamides is 1. The molecule has 2 aromatic carbocycles. The van der Waals surface area contributed by atoms with Crippen LogP contribution in [0.15, 0.2) is 51.8 Å². The topological polar surface area (TPSA) is 128 Å². The van der Waals surface area contributed by atoms with E-state index in [-0.39, 0.29) is 10.5 Å². The fraction of sp³-hybridized carbons (Fsp3) is 0.263. The molecule has 1 fully saturated rings. The van der Waals surface area contributed by atoms with Crippen molar-refractivity contribution in [1.82, 2.24) is 0 Å². The van der Waals surface area contributed by atoms with Gasteiger partial charge in [-0.2, -0.15) is 0 Å². The van der Waals surface area contributed by atoms with Crippen LogP contribution in [0.5, 0.6) is 0 Å². The largest absolute Gasteiger partial charge is 0.452 e. The molecule has 0 unspecified atom stereocenters. The predicted octanol–water partition coefficient (Wildman–Crippen LogP) is 1.73. The smallest absolute Gasteiger partial charge is 0.339 e. The number of rotatable bonds is 6. The number of ether oxygens (including phenoxy) is 2. The lowest BCUT2D eigenvalue weighted by atomic mass is 10.2. The van der Waals surface area contributed by atoms with Gasteiger partial charge in [-0.15, -0.1) is 0 Å². The molecule has 1 aliphatic rings. The fourth-order valence-electron chi connectivity index (χ4n) is 2.82. The van der Waals surface area contributed by atoms with Gasteiger partial charge < -0.3 is 19.7 Å². The van der Waals surface area contributed by atoms with Crippen molar-refractivity contribution in [3.8, 4) is 0 Å². The van der Waals surface area contributed by atoms with E-state index in [9.17, 15) is 18.0 Å². The lowest BCUT2D eigenvalue weighted by Gasteiger charge is -2.28. The number of halogens is 1. The summed E-state index contributed by atoms with van der Waals surface area (Å²) < 4.78 is 33.5. The highest BCUT2D eigenvalue weighted by Crippen LogP contribution is 2.22. The summed E-state index contributed by atoms with van der Waals surface area (Å²) in [5.41, 5.74) is 1.54. The molecule has 1 heterocycles. The van der Waals surface area contributed by atoms with E-state index >= 15 is 0 Å². The van der Waals surface area contributed by atoms with Crippen molar-refractivity contribution in [3.63, 3.8) is 0 Å². The van der Waals surface area contributed by atoms with Crippen LogP contribution < -0.4 is 15.4 Å². The van der Waals surface area contributed by atoms with Crippen molar-refractivity contribution in [2.24, 2.45) is 5.14 Å². The third-order valence-corrected chi connectivity index (χ3v) is 5.95. The van der Waals surface area contributed by atoms with Gasteiger partial charge in [0.25, 0.3) is 5.91 Å². The molecule has 3 rings (SSSR count). The summed E-state index contributed by atoms with van der Waals surface area (Å²) in [6, 6.07) is 11.0. The Balaban J connectivity index is 1.56. The van der Waals surface area contributed by atoms with Crippen molar-refractivity contribution >= 4 is 49.2 Å². The quantitative estimate of drug-likeness (QED) is 0.581. The van der Waals surface area contributed by atoms with Crippen molar-refractivity contribution in [3.05, 3.63) is 52.5 Å². The van der Waals surface area contributed by atoms with E-state index in [0.717, 1.165) is 24.8 Å². The van der Waals surface area contributed by atoms with Crippen LogP contribution >= 0.6 is 15.9 Å². The van der Waals surface area contributed by atoms with Crippen molar-refractivity contribution in [2.45, 2.75) is 4.90 Å². The minimum absolute atomic E-state index is 0.0517. The average molecular weight is 498 g/mol. The first kappa shape index (κ1) is 22.2. The first-order chi connectivity index (χ1) is 14.2. The molecule has 0 bridgehead atoms. The second kappa shape index (κ2) is 9.56. The molecule has 0 aromatic heterocycles. The summed E-state index contributed by atoms with van der Waals surface area (Å²) in [5, 5.41) is 7.72. The van der Waals surface area contributed by atoms with Crippen molar-refractivity contribution in [1.29, 1.82) is 0 Å². The lowest BCUT2D eigenvalue weighted by molar-refractivity contribution is -0.119. The van der Waals surface area contributed by atoms with Gasteiger partial charge in [0, 0.05) is 28.9 Å². The van der Waals surface area contributed by atoms with Crippen LogP contribution in [0.3, 0.4) is 0 Å². The SMILES string of the molecule is NS(=O)(=O)c1ccc(Br)c(C(=O)OCC(=O)Nc2ccc(N3CCOCC3)cc2)c1. The molecule has 30 heavy (non-hydrogen) atoms. The van der Waals surface area contributed by atoms with Crippen LogP contribution in [-0.2, 0) is 24.3 Å². The normalized spacial score (nSPS) is 14.3. The molecule has 1 saturated heterocycles. The Kier molecular flexibility index (Phi) is 7.08. The molecule has 1 amide bonds. The highest BCUT2D eigenvalue weighted by molar-refractivity contribution is 9.10. The number of carbonyl (C=O) groups is 2. The summed E-state index contributed by atoms with van der Waals surface area (Å²) in [6.45, 7) is 2.45. The van der Waals surface area contributed by atoms with E-state index in [1.54, 1.807) is 12.1 Å². The zero-order chi connectivity index (χ0) is 21.7. The number of carbonyl (C=O) groups excluding carboxylic acids is 2. The number of hydrogen-bond donors (Lipinski definition) is 2. The molecule has 9 nitrogen and oxygen atoms in total.